The molecule has 0 heterocycles. The molecule has 0 rings (SSSR count). The summed E-state index contributed by atoms with van der Waals surface area (Å²) in [6, 6.07) is 0. The molecule has 0 radical (unpaired) electrons. The van der Waals surface area contributed by atoms with Crippen LogP contribution >= 0.6 is 0 Å². The molecule has 0 aromatic carbocycles. The third-order valence-corrected chi connectivity index (χ3v) is 2.06. The Balaban J connectivity index is 3.51. The lowest BCUT2D eigenvalue weighted by atomic mass is 10.3. The first kappa shape index (κ1) is 18.3. The quantitative estimate of drug-likeness (QED) is 0.174. The van der Waals surface area contributed by atoms with Gasteiger partial charge in [-0.3, -0.25) is 0 Å². The SMILES string of the molecule is CC/C=C/CCOOC(C)(C)OOCC/C=C/CC. The molecule has 4 nitrogen and oxygen atoms in total. The van der Waals surface area contributed by atoms with E-state index in [-0.39, 0.29) is 0 Å². The summed E-state index contributed by atoms with van der Waals surface area (Å²) in [5, 5.41) is 0. The van der Waals surface area contributed by atoms with Crippen LogP contribution in [0.3, 0.4) is 0 Å². The van der Waals surface area contributed by atoms with Gasteiger partial charge in [-0.05, 0) is 39.5 Å². The minimum absolute atomic E-state index is 0.503. The van der Waals surface area contributed by atoms with E-state index >= 15 is 0 Å². The molecule has 4 heteroatoms. The predicted octanol–water partition coefficient (Wildman–Crippen LogP) is 4.33. The average molecular weight is 272 g/mol. The van der Waals surface area contributed by atoms with E-state index in [1.807, 2.05) is 0 Å². The second-order valence-electron chi connectivity index (χ2n) is 4.55. The minimum Gasteiger partial charge on any atom is -0.233 e. The highest BCUT2D eigenvalue weighted by atomic mass is 17.3. The Morgan fingerprint density at radius 3 is 1.53 bits per heavy atom. The normalized spacial score (nSPS) is 12.8. The molecule has 0 aliphatic carbocycles. The molecule has 0 amide bonds. The Morgan fingerprint density at radius 1 is 0.737 bits per heavy atom. The van der Waals surface area contributed by atoms with Gasteiger partial charge in [0, 0.05) is 0 Å². The summed E-state index contributed by atoms with van der Waals surface area (Å²) in [5.41, 5.74) is 0. The van der Waals surface area contributed by atoms with Crippen molar-refractivity contribution in [1.29, 1.82) is 0 Å². The van der Waals surface area contributed by atoms with E-state index in [0.717, 1.165) is 25.7 Å². The Kier molecular flexibility index (Phi) is 11.9. The highest BCUT2D eigenvalue weighted by molar-refractivity contribution is 4.79. The lowest BCUT2D eigenvalue weighted by Crippen LogP contribution is -2.29. The molecule has 112 valence electrons. The van der Waals surface area contributed by atoms with E-state index in [1.54, 1.807) is 13.8 Å². The van der Waals surface area contributed by atoms with Crippen LogP contribution in [0.25, 0.3) is 0 Å². The van der Waals surface area contributed by atoms with Gasteiger partial charge in [-0.15, -0.1) is 0 Å². The molecule has 0 unspecified atom stereocenters. The van der Waals surface area contributed by atoms with Gasteiger partial charge in [0.2, 0.25) is 5.79 Å². The van der Waals surface area contributed by atoms with Crippen molar-refractivity contribution in [3.05, 3.63) is 24.3 Å². The van der Waals surface area contributed by atoms with Gasteiger partial charge in [-0.2, -0.15) is 9.78 Å². The predicted molar refractivity (Wildman–Crippen MR) is 76.2 cm³/mol. The van der Waals surface area contributed by atoms with Crippen LogP contribution in [-0.2, 0) is 19.6 Å². The highest BCUT2D eigenvalue weighted by Gasteiger charge is 2.22. The topological polar surface area (TPSA) is 36.9 Å². The van der Waals surface area contributed by atoms with E-state index in [1.165, 1.54) is 0 Å². The largest absolute Gasteiger partial charge is 0.233 e. The second kappa shape index (κ2) is 12.4. The van der Waals surface area contributed by atoms with Gasteiger partial charge < -0.3 is 0 Å². The first-order chi connectivity index (χ1) is 9.12. The summed E-state index contributed by atoms with van der Waals surface area (Å²) in [4.78, 5) is 20.4. The summed E-state index contributed by atoms with van der Waals surface area (Å²) in [7, 11) is 0. The van der Waals surface area contributed by atoms with Crippen LogP contribution in [0, 0.1) is 0 Å². The van der Waals surface area contributed by atoms with Crippen LogP contribution in [0.1, 0.15) is 53.4 Å². The van der Waals surface area contributed by atoms with Crippen molar-refractivity contribution in [2.75, 3.05) is 13.2 Å². The molecule has 0 aliphatic heterocycles. The van der Waals surface area contributed by atoms with Crippen molar-refractivity contribution in [3.63, 3.8) is 0 Å². The van der Waals surface area contributed by atoms with Gasteiger partial charge in [-0.25, -0.2) is 9.78 Å². The maximum atomic E-state index is 5.14. The van der Waals surface area contributed by atoms with Gasteiger partial charge in [0.1, 0.15) is 0 Å². The Labute approximate surface area is 117 Å². The third kappa shape index (κ3) is 13.6. The third-order valence-electron chi connectivity index (χ3n) is 2.06. The number of hydrogen-bond donors (Lipinski definition) is 0. The molecule has 0 saturated heterocycles. The van der Waals surface area contributed by atoms with Crippen LogP contribution in [0.4, 0.5) is 0 Å². The molecule has 0 bridgehead atoms. The molecule has 0 aliphatic rings. The maximum Gasteiger partial charge on any atom is 0.228 e. The van der Waals surface area contributed by atoms with Crippen molar-refractivity contribution in [3.8, 4) is 0 Å². The Bertz CT molecular complexity index is 223. The number of allylic oxidation sites excluding steroid dienone is 2. The molecule has 0 fully saturated rings. The van der Waals surface area contributed by atoms with Crippen LogP contribution < -0.4 is 0 Å². The smallest absolute Gasteiger partial charge is 0.228 e. The van der Waals surface area contributed by atoms with Crippen molar-refractivity contribution in [1.82, 2.24) is 0 Å². The molecule has 0 atom stereocenters. The van der Waals surface area contributed by atoms with Gasteiger partial charge in [-0.1, -0.05) is 38.2 Å². The second-order valence-corrected chi connectivity index (χ2v) is 4.55. The first-order valence-electron chi connectivity index (χ1n) is 7.03. The van der Waals surface area contributed by atoms with Gasteiger partial charge >= 0.3 is 0 Å². The first-order valence-corrected chi connectivity index (χ1v) is 7.03. The average Bonchev–Trinajstić information content (AvgIpc) is 2.38. The Morgan fingerprint density at radius 2 is 1.16 bits per heavy atom. The van der Waals surface area contributed by atoms with Gasteiger partial charge in [0.15, 0.2) is 0 Å². The summed E-state index contributed by atoms with van der Waals surface area (Å²) < 4.78 is 0. The zero-order valence-corrected chi connectivity index (χ0v) is 12.7. The van der Waals surface area contributed by atoms with Crippen molar-refractivity contribution >= 4 is 0 Å². The van der Waals surface area contributed by atoms with Crippen LogP contribution in [0.15, 0.2) is 24.3 Å². The lowest BCUT2D eigenvalue weighted by molar-refractivity contribution is -0.500. The molecule has 0 saturated carbocycles. The zero-order valence-electron chi connectivity index (χ0n) is 12.7. The van der Waals surface area contributed by atoms with Crippen LogP contribution in [-0.4, -0.2) is 19.0 Å². The fourth-order valence-electron chi connectivity index (χ4n) is 1.18. The van der Waals surface area contributed by atoms with E-state index in [2.05, 4.69) is 38.2 Å². The van der Waals surface area contributed by atoms with Crippen LogP contribution in [0.5, 0.6) is 0 Å². The molecule has 0 aromatic rings. The summed E-state index contributed by atoms with van der Waals surface area (Å²) >= 11 is 0. The van der Waals surface area contributed by atoms with E-state index < -0.39 is 5.79 Å². The van der Waals surface area contributed by atoms with Gasteiger partial charge in [0.05, 0.1) is 13.2 Å². The molecule has 0 aromatic heterocycles. The monoisotopic (exact) mass is 272 g/mol. The summed E-state index contributed by atoms with van der Waals surface area (Å²) in [6.45, 7) is 8.69. The number of hydrogen-bond acceptors (Lipinski definition) is 4. The van der Waals surface area contributed by atoms with E-state index in [4.69, 9.17) is 19.6 Å². The fourth-order valence-corrected chi connectivity index (χ4v) is 1.18. The van der Waals surface area contributed by atoms with Crippen molar-refractivity contribution < 1.29 is 19.6 Å². The van der Waals surface area contributed by atoms with Crippen molar-refractivity contribution in [2.24, 2.45) is 0 Å². The molecular weight excluding hydrogens is 244 g/mol. The molecule has 0 spiro atoms. The van der Waals surface area contributed by atoms with E-state index in [0.29, 0.717) is 13.2 Å². The van der Waals surface area contributed by atoms with Gasteiger partial charge in [0.25, 0.3) is 0 Å². The number of rotatable bonds is 12. The van der Waals surface area contributed by atoms with Crippen LogP contribution in [0.2, 0.25) is 0 Å². The highest BCUT2D eigenvalue weighted by Crippen LogP contribution is 2.12. The molecule has 0 N–H and O–H groups in total. The lowest BCUT2D eigenvalue weighted by Gasteiger charge is -2.21. The maximum absolute atomic E-state index is 5.14. The summed E-state index contributed by atoms with van der Waals surface area (Å²) in [5.74, 6) is -0.900. The minimum atomic E-state index is -0.900. The van der Waals surface area contributed by atoms with E-state index in [9.17, 15) is 0 Å². The molecular formula is C15H28O4. The molecule has 19 heavy (non-hydrogen) atoms. The summed E-state index contributed by atoms with van der Waals surface area (Å²) in [6.07, 6.45) is 12.0. The zero-order chi connectivity index (χ0) is 14.4. The standard InChI is InChI=1S/C15H28O4/c1-5-7-9-11-13-16-18-15(3,4)19-17-14-12-10-8-6-2/h7-10H,5-6,11-14H2,1-4H3/b9-7+,10-8+. The fraction of sp³-hybridized carbons (Fsp3) is 0.733. The Hall–Kier alpha value is -0.680. The van der Waals surface area contributed by atoms with Crippen molar-refractivity contribution in [2.45, 2.75) is 59.2 Å².